The van der Waals surface area contributed by atoms with Gasteiger partial charge in [-0.3, -0.25) is 9.36 Å². The van der Waals surface area contributed by atoms with E-state index in [9.17, 15) is 4.79 Å². The summed E-state index contributed by atoms with van der Waals surface area (Å²) in [6.45, 7) is 3.84. The summed E-state index contributed by atoms with van der Waals surface area (Å²) in [4.78, 5) is 31.6. The van der Waals surface area contributed by atoms with Crippen LogP contribution in [-0.2, 0) is 0 Å². The van der Waals surface area contributed by atoms with Gasteiger partial charge in [-0.25, -0.2) is 15.0 Å². The highest BCUT2D eigenvalue weighted by Crippen LogP contribution is 2.30. The molecule has 34 heavy (non-hydrogen) atoms. The number of nitrogens with two attached hydrogens (primary N) is 1. The molecule has 0 spiro atoms. The Morgan fingerprint density at radius 2 is 1.88 bits per heavy atom. The van der Waals surface area contributed by atoms with Crippen molar-refractivity contribution >= 4 is 45.6 Å². The highest BCUT2D eigenvalue weighted by Gasteiger charge is 2.21. The smallest absolute Gasteiger partial charge is 0.267 e. The third kappa shape index (κ3) is 4.00. The van der Waals surface area contributed by atoms with Crippen molar-refractivity contribution in [3.05, 3.63) is 86.3 Å². The van der Waals surface area contributed by atoms with Crippen molar-refractivity contribution in [3.63, 3.8) is 0 Å². The molecule has 0 saturated carbocycles. The molecule has 3 aromatic heterocycles. The predicted octanol–water partition coefficient (Wildman–Crippen LogP) is 5.02. The quantitative estimate of drug-likeness (QED) is 0.356. The summed E-state index contributed by atoms with van der Waals surface area (Å²) in [7, 11) is 0. The summed E-state index contributed by atoms with van der Waals surface area (Å²) in [5.41, 5.74) is 8.31. The molecule has 1 atom stereocenters. The number of para-hydroxylation sites is 1. The number of hydrogen-bond donors (Lipinski definition) is 2. The van der Waals surface area contributed by atoms with E-state index in [4.69, 9.17) is 22.3 Å². The molecule has 0 amide bonds. The lowest BCUT2D eigenvalue weighted by Crippen LogP contribution is -2.27. The summed E-state index contributed by atoms with van der Waals surface area (Å²) in [6, 6.07) is 14.2. The topological polar surface area (TPSA) is 112 Å². The first-order valence-corrected chi connectivity index (χ1v) is 11.8. The fourth-order valence-electron chi connectivity index (χ4n) is 3.77. The minimum Gasteiger partial charge on any atom is -0.368 e. The monoisotopic (exact) mass is 489 g/mol. The Kier molecular flexibility index (Phi) is 5.72. The minimum atomic E-state index is -0.427. The van der Waals surface area contributed by atoms with Gasteiger partial charge >= 0.3 is 0 Å². The lowest BCUT2D eigenvalue weighted by molar-refractivity contribution is 0.731. The van der Waals surface area contributed by atoms with E-state index in [1.54, 1.807) is 29.0 Å². The average Bonchev–Trinajstić information content (AvgIpc) is 3.25. The summed E-state index contributed by atoms with van der Waals surface area (Å²) in [5.74, 6) is 1.14. The molecule has 0 saturated heterocycles. The molecule has 0 aliphatic heterocycles. The van der Waals surface area contributed by atoms with Crippen molar-refractivity contribution in [1.82, 2.24) is 24.5 Å². The Labute approximate surface area is 204 Å². The number of thiazole rings is 1. The standard InChI is InChI=1S/C24H20ClN7OS/c1-13(28-21-16(11-27-24(26)31-21)19-12-34-14(2)29-19)22-30-18-10-6-9-17(25)20(18)23(33)32(22)15-7-4-3-5-8-15/h3-13H,1-2H3,(H3,26,27,28,31)/t13-/m0/s1. The molecule has 170 valence electrons. The van der Waals surface area contributed by atoms with Crippen molar-refractivity contribution in [2.45, 2.75) is 19.9 Å². The number of nitrogens with one attached hydrogen (secondary N) is 1. The number of hydrogen-bond acceptors (Lipinski definition) is 8. The van der Waals surface area contributed by atoms with Gasteiger partial charge in [-0.05, 0) is 38.1 Å². The van der Waals surface area contributed by atoms with Crippen LogP contribution in [0.15, 0.2) is 64.9 Å². The van der Waals surface area contributed by atoms with Gasteiger partial charge in [0, 0.05) is 11.6 Å². The highest BCUT2D eigenvalue weighted by molar-refractivity contribution is 7.09. The molecule has 3 N–H and O–H groups in total. The van der Waals surface area contributed by atoms with Crippen LogP contribution in [0.3, 0.4) is 0 Å². The molecular formula is C24H20ClN7OS. The first-order chi connectivity index (χ1) is 16.4. The van der Waals surface area contributed by atoms with Crippen LogP contribution in [-0.4, -0.2) is 24.5 Å². The third-order valence-electron chi connectivity index (χ3n) is 5.33. The molecule has 0 radical (unpaired) electrons. The number of aromatic nitrogens is 5. The number of benzene rings is 2. The second-order valence-electron chi connectivity index (χ2n) is 7.69. The van der Waals surface area contributed by atoms with Gasteiger partial charge in [-0.15, -0.1) is 11.3 Å². The fourth-order valence-corrected chi connectivity index (χ4v) is 4.64. The van der Waals surface area contributed by atoms with E-state index in [2.05, 4.69) is 20.3 Å². The first-order valence-electron chi connectivity index (χ1n) is 10.5. The van der Waals surface area contributed by atoms with Crippen molar-refractivity contribution in [3.8, 4) is 16.9 Å². The number of fused-ring (bicyclic) bond motifs is 1. The number of halogens is 1. The molecule has 3 heterocycles. The van der Waals surface area contributed by atoms with Gasteiger partial charge in [-0.2, -0.15) is 4.98 Å². The van der Waals surface area contributed by atoms with Gasteiger partial charge in [0.1, 0.15) is 11.6 Å². The Morgan fingerprint density at radius 1 is 1.09 bits per heavy atom. The van der Waals surface area contributed by atoms with Crippen LogP contribution >= 0.6 is 22.9 Å². The van der Waals surface area contributed by atoms with E-state index < -0.39 is 6.04 Å². The minimum absolute atomic E-state index is 0.129. The van der Waals surface area contributed by atoms with E-state index >= 15 is 0 Å². The Bertz CT molecular complexity index is 1570. The number of aryl methyl sites for hydroxylation is 1. The lowest BCUT2D eigenvalue weighted by Gasteiger charge is -2.21. The number of rotatable bonds is 5. The molecule has 0 bridgehead atoms. The zero-order valence-corrected chi connectivity index (χ0v) is 19.9. The molecule has 5 aromatic rings. The molecule has 5 rings (SSSR count). The van der Waals surface area contributed by atoms with Crippen molar-refractivity contribution in [1.29, 1.82) is 0 Å². The first kappa shape index (κ1) is 22.0. The molecule has 10 heteroatoms. The molecule has 0 aliphatic carbocycles. The summed E-state index contributed by atoms with van der Waals surface area (Å²) in [6.07, 6.45) is 1.64. The van der Waals surface area contributed by atoms with Crippen molar-refractivity contribution < 1.29 is 0 Å². The van der Waals surface area contributed by atoms with Crippen LogP contribution in [0.1, 0.15) is 23.8 Å². The predicted molar refractivity (Wildman–Crippen MR) is 137 cm³/mol. The average molecular weight is 490 g/mol. The Hall–Kier alpha value is -3.82. The normalized spacial score (nSPS) is 12.1. The maximum Gasteiger partial charge on any atom is 0.267 e. The third-order valence-corrected chi connectivity index (χ3v) is 6.42. The molecule has 2 aromatic carbocycles. The van der Waals surface area contributed by atoms with E-state index in [-0.39, 0.29) is 11.5 Å². The molecule has 0 aliphatic rings. The van der Waals surface area contributed by atoms with Crippen LogP contribution in [0.25, 0.3) is 27.8 Å². The number of nitrogens with zero attached hydrogens (tertiary/aromatic N) is 5. The van der Waals surface area contributed by atoms with Gasteiger partial charge in [0.05, 0.1) is 43.9 Å². The van der Waals surface area contributed by atoms with E-state index in [1.807, 2.05) is 49.6 Å². The molecule has 0 fully saturated rings. The van der Waals surface area contributed by atoms with Crippen LogP contribution in [0, 0.1) is 6.92 Å². The maximum absolute atomic E-state index is 13.6. The number of nitrogen functional groups attached to an aromatic ring is 1. The summed E-state index contributed by atoms with van der Waals surface area (Å²) >= 11 is 7.92. The fraction of sp³-hybridized carbons (Fsp3) is 0.125. The Morgan fingerprint density at radius 3 is 2.62 bits per heavy atom. The van der Waals surface area contributed by atoms with Crippen molar-refractivity contribution in [2.75, 3.05) is 11.1 Å². The van der Waals surface area contributed by atoms with E-state index in [0.717, 1.165) is 10.7 Å². The molecule has 8 nitrogen and oxygen atoms in total. The van der Waals surface area contributed by atoms with Gasteiger partial charge in [0.2, 0.25) is 5.95 Å². The van der Waals surface area contributed by atoms with Crippen molar-refractivity contribution in [2.24, 2.45) is 0 Å². The summed E-state index contributed by atoms with van der Waals surface area (Å²) < 4.78 is 1.57. The SMILES string of the molecule is Cc1nc(-c2cnc(N)nc2N[C@@H](C)c2nc3cccc(Cl)c3c(=O)n2-c2ccccc2)cs1. The number of anilines is 2. The highest BCUT2D eigenvalue weighted by atomic mass is 35.5. The van der Waals surface area contributed by atoms with Crippen LogP contribution in [0.2, 0.25) is 5.02 Å². The second-order valence-corrected chi connectivity index (χ2v) is 9.16. The maximum atomic E-state index is 13.6. The summed E-state index contributed by atoms with van der Waals surface area (Å²) in [5, 5.41) is 6.97. The van der Waals surface area contributed by atoms with Gasteiger partial charge in [0.25, 0.3) is 5.56 Å². The van der Waals surface area contributed by atoms with E-state index in [1.165, 1.54) is 11.3 Å². The van der Waals surface area contributed by atoms with Crippen LogP contribution in [0.4, 0.5) is 11.8 Å². The van der Waals surface area contributed by atoms with E-state index in [0.29, 0.717) is 38.8 Å². The zero-order chi connectivity index (χ0) is 23.8. The molecule has 0 unspecified atom stereocenters. The zero-order valence-electron chi connectivity index (χ0n) is 18.4. The van der Waals surface area contributed by atoms with Crippen LogP contribution < -0.4 is 16.6 Å². The Balaban J connectivity index is 1.67. The largest absolute Gasteiger partial charge is 0.368 e. The van der Waals surface area contributed by atoms with Gasteiger partial charge in [-0.1, -0.05) is 35.9 Å². The lowest BCUT2D eigenvalue weighted by atomic mass is 10.2. The molecular weight excluding hydrogens is 470 g/mol. The second kappa shape index (κ2) is 8.85. The van der Waals surface area contributed by atoms with Gasteiger partial charge < -0.3 is 11.1 Å². The van der Waals surface area contributed by atoms with Gasteiger partial charge in [0.15, 0.2) is 0 Å². The van der Waals surface area contributed by atoms with Crippen LogP contribution in [0.5, 0.6) is 0 Å².